The molecule has 0 spiro atoms. The van der Waals surface area contributed by atoms with Crippen LogP contribution in [0.25, 0.3) is 0 Å². The first kappa shape index (κ1) is 12.5. The van der Waals surface area contributed by atoms with E-state index in [2.05, 4.69) is 85.2 Å². The standard InChI is InChI=1S/C17H21NSi/c1-19(2,3)17-16(14-10-6-4-7-11-14)18(17)15-12-8-5-9-13-15/h4-13,16-17H,1-3H3/t16-,17-,18?/m0/s1. The van der Waals surface area contributed by atoms with E-state index < -0.39 is 8.07 Å². The summed E-state index contributed by atoms with van der Waals surface area (Å²) in [6, 6.07) is 22.3. The Labute approximate surface area is 116 Å². The van der Waals surface area contributed by atoms with Crippen molar-refractivity contribution in [1.82, 2.24) is 0 Å². The molecule has 2 aromatic rings. The largest absolute Gasteiger partial charge is 0.360 e. The minimum atomic E-state index is -1.19. The molecule has 0 radical (unpaired) electrons. The van der Waals surface area contributed by atoms with E-state index in [1.807, 2.05) is 0 Å². The molecule has 1 heterocycles. The van der Waals surface area contributed by atoms with E-state index >= 15 is 0 Å². The lowest BCUT2D eigenvalue weighted by Gasteiger charge is -2.15. The predicted octanol–water partition coefficient (Wildman–Crippen LogP) is 4.49. The number of rotatable bonds is 3. The number of nitrogens with zero attached hydrogens (tertiary/aromatic N) is 1. The molecular weight excluding hydrogens is 246 g/mol. The highest BCUT2D eigenvalue weighted by atomic mass is 28.3. The number of anilines is 1. The molecule has 0 N–H and O–H groups in total. The molecule has 1 aliphatic heterocycles. The van der Waals surface area contributed by atoms with Crippen LogP contribution >= 0.6 is 0 Å². The Balaban J connectivity index is 1.95. The molecule has 0 unspecified atom stereocenters. The van der Waals surface area contributed by atoms with Gasteiger partial charge in [-0.3, -0.25) is 0 Å². The maximum Gasteiger partial charge on any atom is 0.0736 e. The second-order valence-electron chi connectivity index (χ2n) is 6.41. The van der Waals surface area contributed by atoms with Crippen molar-refractivity contribution in [2.45, 2.75) is 31.3 Å². The molecular formula is C17H21NSi. The molecule has 2 aromatic carbocycles. The van der Waals surface area contributed by atoms with Crippen LogP contribution in [-0.4, -0.2) is 13.7 Å². The van der Waals surface area contributed by atoms with Crippen LogP contribution in [0.4, 0.5) is 5.69 Å². The van der Waals surface area contributed by atoms with Gasteiger partial charge in [0, 0.05) is 11.4 Å². The number of hydrogen-bond donors (Lipinski definition) is 0. The predicted molar refractivity (Wildman–Crippen MR) is 85.2 cm³/mol. The summed E-state index contributed by atoms with van der Waals surface area (Å²) < 4.78 is 0. The van der Waals surface area contributed by atoms with Crippen LogP contribution in [0.3, 0.4) is 0 Å². The van der Waals surface area contributed by atoms with Gasteiger partial charge in [-0.15, -0.1) is 0 Å². The lowest BCUT2D eigenvalue weighted by atomic mass is 10.1. The fourth-order valence-electron chi connectivity index (χ4n) is 3.04. The van der Waals surface area contributed by atoms with Crippen LogP contribution in [-0.2, 0) is 0 Å². The number of para-hydroxylation sites is 1. The van der Waals surface area contributed by atoms with Crippen molar-refractivity contribution in [3.05, 3.63) is 66.2 Å². The van der Waals surface area contributed by atoms with Gasteiger partial charge in [0.05, 0.1) is 14.1 Å². The van der Waals surface area contributed by atoms with E-state index in [9.17, 15) is 0 Å². The molecule has 1 aliphatic rings. The molecule has 2 heteroatoms. The molecule has 0 aliphatic carbocycles. The van der Waals surface area contributed by atoms with Crippen LogP contribution in [0, 0.1) is 0 Å². The van der Waals surface area contributed by atoms with Gasteiger partial charge in [-0.05, 0) is 17.7 Å². The van der Waals surface area contributed by atoms with Gasteiger partial charge in [-0.1, -0.05) is 68.2 Å². The lowest BCUT2D eigenvalue weighted by Crippen LogP contribution is -2.32. The van der Waals surface area contributed by atoms with Crippen molar-refractivity contribution >= 4 is 13.8 Å². The maximum absolute atomic E-state index is 2.60. The van der Waals surface area contributed by atoms with Crippen LogP contribution in [0.5, 0.6) is 0 Å². The first-order chi connectivity index (χ1) is 9.09. The molecule has 0 saturated carbocycles. The highest BCUT2D eigenvalue weighted by Gasteiger charge is 2.55. The van der Waals surface area contributed by atoms with Gasteiger partial charge in [-0.2, -0.15) is 0 Å². The van der Waals surface area contributed by atoms with Gasteiger partial charge in [0.1, 0.15) is 0 Å². The minimum absolute atomic E-state index is 0.579. The first-order valence-corrected chi connectivity index (χ1v) is 10.5. The first-order valence-electron chi connectivity index (χ1n) is 6.97. The maximum atomic E-state index is 2.60. The Morgan fingerprint density at radius 1 is 0.789 bits per heavy atom. The van der Waals surface area contributed by atoms with E-state index in [1.165, 1.54) is 11.3 Å². The highest BCUT2D eigenvalue weighted by molar-refractivity contribution is 6.79. The summed E-state index contributed by atoms with van der Waals surface area (Å²) in [5.74, 6) is 0. The van der Waals surface area contributed by atoms with Crippen molar-refractivity contribution in [2.75, 3.05) is 4.90 Å². The van der Waals surface area contributed by atoms with Crippen molar-refractivity contribution in [2.24, 2.45) is 0 Å². The third-order valence-corrected chi connectivity index (χ3v) is 6.26. The Kier molecular flexibility index (Phi) is 2.98. The fourth-order valence-corrected chi connectivity index (χ4v) is 5.39. The molecule has 3 rings (SSSR count). The van der Waals surface area contributed by atoms with Crippen LogP contribution < -0.4 is 4.90 Å². The second kappa shape index (κ2) is 4.53. The lowest BCUT2D eigenvalue weighted by molar-refractivity contribution is 1.11. The molecule has 1 nitrogen and oxygen atoms in total. The quantitative estimate of drug-likeness (QED) is 0.585. The molecule has 1 saturated heterocycles. The summed E-state index contributed by atoms with van der Waals surface area (Å²) in [6.07, 6.45) is 0. The third kappa shape index (κ3) is 2.33. The van der Waals surface area contributed by atoms with Gasteiger partial charge in [0.15, 0.2) is 0 Å². The minimum Gasteiger partial charge on any atom is -0.360 e. The number of benzene rings is 2. The number of hydrogen-bond acceptors (Lipinski definition) is 1. The molecule has 0 aromatic heterocycles. The van der Waals surface area contributed by atoms with Gasteiger partial charge >= 0.3 is 0 Å². The summed E-state index contributed by atoms with van der Waals surface area (Å²) >= 11 is 0. The Morgan fingerprint density at radius 2 is 1.32 bits per heavy atom. The van der Waals surface area contributed by atoms with E-state index in [0.717, 1.165) is 5.67 Å². The zero-order chi connectivity index (χ0) is 13.5. The smallest absolute Gasteiger partial charge is 0.0736 e. The third-order valence-electron chi connectivity index (χ3n) is 3.89. The van der Waals surface area contributed by atoms with Crippen molar-refractivity contribution in [3.63, 3.8) is 0 Å². The van der Waals surface area contributed by atoms with E-state index in [0.29, 0.717) is 6.04 Å². The van der Waals surface area contributed by atoms with Crippen LogP contribution in [0.1, 0.15) is 11.6 Å². The summed E-state index contributed by atoms with van der Waals surface area (Å²) in [5.41, 5.74) is 3.54. The molecule has 98 valence electrons. The second-order valence-corrected chi connectivity index (χ2v) is 11.7. The summed E-state index contributed by atoms with van der Waals surface area (Å²) in [6.45, 7) is 7.41. The summed E-state index contributed by atoms with van der Waals surface area (Å²) in [4.78, 5) is 2.60. The molecule has 0 amide bonds. The Morgan fingerprint density at radius 3 is 1.84 bits per heavy atom. The van der Waals surface area contributed by atoms with Gasteiger partial charge in [0.2, 0.25) is 0 Å². The molecule has 0 bridgehead atoms. The molecule has 1 fully saturated rings. The Hall–Kier alpha value is -1.54. The monoisotopic (exact) mass is 267 g/mol. The van der Waals surface area contributed by atoms with Crippen molar-refractivity contribution in [1.29, 1.82) is 0 Å². The zero-order valence-electron chi connectivity index (χ0n) is 11.9. The van der Waals surface area contributed by atoms with Gasteiger partial charge < -0.3 is 4.90 Å². The van der Waals surface area contributed by atoms with Crippen molar-refractivity contribution < 1.29 is 0 Å². The van der Waals surface area contributed by atoms with Crippen molar-refractivity contribution in [3.8, 4) is 0 Å². The normalized spacial score (nSPS) is 22.4. The van der Waals surface area contributed by atoms with Gasteiger partial charge in [-0.25, -0.2) is 0 Å². The van der Waals surface area contributed by atoms with E-state index in [1.54, 1.807) is 0 Å². The SMILES string of the molecule is C[Si](C)(C)[C@H]1[C@H](c2ccccc2)N1c1ccccc1. The van der Waals surface area contributed by atoms with Crippen LogP contribution in [0.15, 0.2) is 60.7 Å². The van der Waals surface area contributed by atoms with Gasteiger partial charge in [0.25, 0.3) is 0 Å². The highest BCUT2D eigenvalue weighted by Crippen LogP contribution is 2.50. The Bertz CT molecular complexity index is 499. The zero-order valence-corrected chi connectivity index (χ0v) is 12.9. The van der Waals surface area contributed by atoms with Crippen LogP contribution in [0.2, 0.25) is 19.6 Å². The van der Waals surface area contributed by atoms with E-state index in [4.69, 9.17) is 0 Å². The molecule has 19 heavy (non-hydrogen) atoms. The molecule has 2 atom stereocenters. The average Bonchev–Trinajstić information content (AvgIpc) is 3.16. The van der Waals surface area contributed by atoms with E-state index in [-0.39, 0.29) is 0 Å². The summed E-state index contributed by atoms with van der Waals surface area (Å²) in [5, 5.41) is 0. The summed E-state index contributed by atoms with van der Waals surface area (Å²) in [7, 11) is -1.19. The average molecular weight is 267 g/mol. The fraction of sp³-hybridized carbons (Fsp3) is 0.294. The topological polar surface area (TPSA) is 3.01 Å².